The number of rotatable bonds is 3. The van der Waals surface area contributed by atoms with Crippen LogP contribution in [-0.2, 0) is 14.3 Å². The van der Waals surface area contributed by atoms with Crippen LogP contribution in [0, 0.1) is 41.0 Å². The summed E-state index contributed by atoms with van der Waals surface area (Å²) < 4.78 is 16.9. The summed E-state index contributed by atoms with van der Waals surface area (Å²) in [4.78, 5) is 27.2. The smallest absolute Gasteiger partial charge is 1.00 e. The van der Waals surface area contributed by atoms with Crippen molar-refractivity contribution < 1.29 is 53.6 Å². The molecule has 0 fully saturated rings. The second-order valence-corrected chi connectivity index (χ2v) is 5.10. The molecule has 145 valence electrons. The minimum absolute atomic E-state index is 0. The van der Waals surface area contributed by atoms with Gasteiger partial charge in [-0.05, 0) is 32.9 Å². The summed E-state index contributed by atoms with van der Waals surface area (Å²) in [5, 5.41) is 29.3. The Kier molecular flexibility index (Phi) is 17.9. The van der Waals surface area contributed by atoms with E-state index in [1.165, 1.54) is 12.3 Å². The quantitative estimate of drug-likeness (QED) is 0.322. The Morgan fingerprint density at radius 3 is 1.71 bits per heavy atom. The molecule has 0 aromatic carbocycles. The van der Waals surface area contributed by atoms with Crippen LogP contribution >= 0.6 is 0 Å². The van der Waals surface area contributed by atoms with Gasteiger partial charge in [-0.15, -0.1) is 0 Å². The van der Waals surface area contributed by atoms with Crippen LogP contribution < -0.4 is 29.6 Å². The summed E-state index contributed by atoms with van der Waals surface area (Å²) >= 11 is -1.62. The van der Waals surface area contributed by atoms with Gasteiger partial charge in [-0.2, -0.15) is 0 Å². The van der Waals surface area contributed by atoms with E-state index >= 15 is 0 Å². The second-order valence-electron chi connectivity index (χ2n) is 4.81. The molecular formula is C14H17BN4NaO7Se. The van der Waals surface area contributed by atoms with Crippen LogP contribution in [0.25, 0.3) is 0 Å². The Labute approximate surface area is 192 Å². The molecule has 0 aliphatic heterocycles. The summed E-state index contributed by atoms with van der Waals surface area (Å²) in [6, 6.07) is 3.19. The Hall–Kier alpha value is -1.76. The number of aryl methyl sites for hydroxylation is 3. The molecule has 0 spiro atoms. The van der Waals surface area contributed by atoms with E-state index in [2.05, 4.69) is 9.97 Å². The number of aliphatic hydroxyl groups excluding tert-OH is 1. The maximum Gasteiger partial charge on any atom is 1.00 e. The molecule has 0 saturated heterocycles. The molecule has 0 bridgehead atoms. The van der Waals surface area contributed by atoms with Gasteiger partial charge in [-0.3, -0.25) is 30.2 Å². The summed E-state index contributed by atoms with van der Waals surface area (Å²) in [6.45, 7) is 4.92. The summed E-state index contributed by atoms with van der Waals surface area (Å²) in [5.74, 6) is 0. The van der Waals surface area contributed by atoms with E-state index in [1.54, 1.807) is 26.8 Å². The molecule has 0 saturated carbocycles. The van der Waals surface area contributed by atoms with Gasteiger partial charge in [-0.25, -0.2) is 0 Å². The van der Waals surface area contributed by atoms with Crippen molar-refractivity contribution in [2.24, 2.45) is 0 Å². The molecule has 0 unspecified atom stereocenters. The van der Waals surface area contributed by atoms with Crippen LogP contribution in [0.15, 0.2) is 24.5 Å². The molecule has 2 rings (SSSR count). The number of nitro groups is 2. The first-order valence-electron chi connectivity index (χ1n) is 6.88. The van der Waals surface area contributed by atoms with Crippen LogP contribution in [0.3, 0.4) is 0 Å². The zero-order valence-electron chi connectivity index (χ0n) is 16.7. The van der Waals surface area contributed by atoms with Crippen molar-refractivity contribution in [3.63, 3.8) is 0 Å². The molecular weight excluding hydrogens is 449 g/mol. The monoisotopic (exact) mass is 467 g/mol. The minimum atomic E-state index is -1.62. The third-order valence-corrected chi connectivity index (χ3v) is 2.92. The Balaban J connectivity index is -0.000000174. The number of hydrogen-bond acceptors (Lipinski definition) is 9. The largest absolute Gasteiger partial charge is 1.00 e. The number of pyridine rings is 2. The van der Waals surface area contributed by atoms with E-state index in [0.29, 0.717) is 16.8 Å². The zero-order chi connectivity index (χ0) is 20.3. The maximum absolute atomic E-state index is 10.3. The van der Waals surface area contributed by atoms with E-state index < -0.39 is 24.7 Å². The minimum Gasteiger partial charge on any atom is -1.00 e. The summed E-state index contributed by atoms with van der Waals surface area (Å²) in [7, 11) is 0. The molecule has 28 heavy (non-hydrogen) atoms. The van der Waals surface area contributed by atoms with Crippen molar-refractivity contribution >= 4 is 34.6 Å². The summed E-state index contributed by atoms with van der Waals surface area (Å²) in [5.41, 5.74) is 2.47. The van der Waals surface area contributed by atoms with Gasteiger partial charge in [0.1, 0.15) is 12.4 Å². The molecule has 14 heteroatoms. The predicted molar refractivity (Wildman–Crippen MR) is 95.9 cm³/mol. The van der Waals surface area contributed by atoms with Crippen molar-refractivity contribution in [1.29, 1.82) is 0 Å². The molecule has 0 aliphatic rings. The van der Waals surface area contributed by atoms with Gasteiger partial charge in [0.05, 0.1) is 22.1 Å². The van der Waals surface area contributed by atoms with Gasteiger partial charge in [0.15, 0.2) is 0 Å². The van der Waals surface area contributed by atoms with Crippen LogP contribution in [0.2, 0.25) is 0 Å². The normalized spacial score (nSPS) is 8.43. The SMILES string of the molecule is Cc1cc(C)c([N+](=O)[O-])cn1.Cc1cc(CO)ncc1[N+](=O)[O-].O=[Se]=O.[B].[H-].[Na+]. The van der Waals surface area contributed by atoms with Gasteiger partial charge >= 0.3 is 52.0 Å². The van der Waals surface area contributed by atoms with Gasteiger partial charge in [0.2, 0.25) is 0 Å². The van der Waals surface area contributed by atoms with Gasteiger partial charge < -0.3 is 6.53 Å². The molecule has 0 atom stereocenters. The molecule has 3 radical (unpaired) electrons. The van der Waals surface area contributed by atoms with Crippen molar-refractivity contribution in [2.45, 2.75) is 27.4 Å². The first-order chi connectivity index (χ1) is 12.2. The first kappa shape index (κ1) is 31.0. The van der Waals surface area contributed by atoms with E-state index in [9.17, 15) is 20.2 Å². The second kappa shape index (κ2) is 16.2. The maximum atomic E-state index is 10.3. The van der Waals surface area contributed by atoms with Crippen molar-refractivity contribution in [3.05, 3.63) is 67.3 Å². The fraction of sp³-hybridized carbons (Fsp3) is 0.286. The molecule has 2 aromatic heterocycles. The van der Waals surface area contributed by atoms with Crippen molar-refractivity contribution in [1.82, 2.24) is 9.97 Å². The van der Waals surface area contributed by atoms with Crippen LogP contribution in [0.1, 0.15) is 23.9 Å². The van der Waals surface area contributed by atoms with Crippen molar-refractivity contribution in [2.75, 3.05) is 0 Å². The van der Waals surface area contributed by atoms with Gasteiger partial charge in [0.25, 0.3) is 11.4 Å². The van der Waals surface area contributed by atoms with E-state index in [1.807, 2.05) is 0 Å². The third kappa shape index (κ3) is 11.2. The fourth-order valence-electron chi connectivity index (χ4n) is 1.77. The fourth-order valence-corrected chi connectivity index (χ4v) is 1.77. The Morgan fingerprint density at radius 2 is 1.39 bits per heavy atom. The van der Waals surface area contributed by atoms with E-state index in [0.717, 1.165) is 11.9 Å². The van der Waals surface area contributed by atoms with Crippen molar-refractivity contribution in [3.8, 4) is 0 Å². The van der Waals surface area contributed by atoms with Gasteiger partial charge in [0, 0.05) is 25.2 Å². The molecule has 2 heterocycles. The average molecular weight is 466 g/mol. The van der Waals surface area contributed by atoms with Crippen LogP contribution in [0.5, 0.6) is 0 Å². The third-order valence-electron chi connectivity index (χ3n) is 2.92. The first-order valence-corrected chi connectivity index (χ1v) is 8.28. The molecule has 2 aromatic rings. The van der Waals surface area contributed by atoms with Crippen LogP contribution in [0.4, 0.5) is 11.4 Å². The predicted octanol–water partition coefficient (Wildman–Crippen LogP) is -1.49. The topological polar surface area (TPSA) is 166 Å². The van der Waals surface area contributed by atoms with Gasteiger partial charge in [-0.1, -0.05) is 0 Å². The molecule has 0 aliphatic carbocycles. The van der Waals surface area contributed by atoms with E-state index in [4.69, 9.17) is 12.8 Å². The number of nitrogens with zero attached hydrogens (tertiary/aromatic N) is 4. The molecule has 0 amide bonds. The number of hydrogen-bond donors (Lipinski definition) is 1. The summed E-state index contributed by atoms with van der Waals surface area (Å²) in [6.07, 6.45) is 2.44. The number of aromatic nitrogens is 2. The molecule has 11 nitrogen and oxygen atoms in total. The Bertz CT molecular complexity index is 842. The van der Waals surface area contributed by atoms with Crippen LogP contribution in [-0.4, -0.2) is 48.2 Å². The Morgan fingerprint density at radius 1 is 1.00 bits per heavy atom. The average Bonchev–Trinajstić information content (AvgIpc) is 2.55. The number of aliphatic hydroxyl groups is 1. The standard InChI is InChI=1S/C7H8N2O3.C7H8N2O2.B.Na.O2Se.H/c1-5-2-6(4-10)8-3-7(5)9(11)12;1-5-3-6(2)8-4-7(5)9(10)11;;;1-3-2;/h2-3,10H,4H2,1H3;3-4H,1-2H3;;;;/q;;;+1;;-1. The molecule has 1 N–H and O–H groups in total. The van der Waals surface area contributed by atoms with E-state index in [-0.39, 0.29) is 57.4 Å². The zero-order valence-corrected chi connectivity index (χ0v) is 19.4.